The first kappa shape index (κ1) is 12.9. The van der Waals surface area contributed by atoms with E-state index in [1.54, 1.807) is 0 Å². The quantitative estimate of drug-likeness (QED) is 0.846. The van der Waals surface area contributed by atoms with Crippen LogP contribution in [0.3, 0.4) is 0 Å². The van der Waals surface area contributed by atoms with E-state index in [1.165, 1.54) is 10.5 Å². The van der Waals surface area contributed by atoms with Crippen molar-refractivity contribution in [3.8, 4) is 0 Å². The van der Waals surface area contributed by atoms with Gasteiger partial charge in [0.05, 0.1) is 13.2 Å². The maximum absolute atomic E-state index is 9.52. The predicted octanol–water partition coefficient (Wildman–Crippen LogP) is 2.65. The Morgan fingerprint density at radius 1 is 1.29 bits per heavy atom. The zero-order chi connectivity index (χ0) is 12.3. The van der Waals surface area contributed by atoms with Crippen LogP contribution in [-0.4, -0.2) is 29.2 Å². The van der Waals surface area contributed by atoms with Crippen molar-refractivity contribution in [3.63, 3.8) is 0 Å². The second-order valence-electron chi connectivity index (χ2n) is 4.92. The van der Waals surface area contributed by atoms with Gasteiger partial charge in [0.15, 0.2) is 0 Å². The molecular weight excluding hydrogens is 232 g/mol. The van der Waals surface area contributed by atoms with Crippen LogP contribution in [0.1, 0.15) is 31.2 Å². The molecule has 0 saturated carbocycles. The van der Waals surface area contributed by atoms with Gasteiger partial charge in [-0.25, -0.2) is 0 Å². The van der Waals surface area contributed by atoms with Crippen molar-refractivity contribution < 1.29 is 10.2 Å². The van der Waals surface area contributed by atoms with Gasteiger partial charge in [0, 0.05) is 16.1 Å². The van der Waals surface area contributed by atoms with Crippen molar-refractivity contribution in [2.45, 2.75) is 30.6 Å². The Morgan fingerprint density at radius 2 is 2.00 bits per heavy atom. The van der Waals surface area contributed by atoms with E-state index in [4.69, 9.17) is 0 Å². The second kappa shape index (κ2) is 5.42. The Balaban J connectivity index is 2.16. The molecule has 1 aromatic rings. The highest BCUT2D eigenvalue weighted by molar-refractivity contribution is 7.99. The molecule has 0 aliphatic carbocycles. The molecule has 0 radical (unpaired) electrons. The number of fused-ring (bicyclic) bond motifs is 1. The number of thioether (sulfide) groups is 1. The average Bonchev–Trinajstić information content (AvgIpc) is 2.79. The van der Waals surface area contributed by atoms with Gasteiger partial charge in [0.2, 0.25) is 0 Å². The van der Waals surface area contributed by atoms with Crippen molar-refractivity contribution in [1.82, 2.24) is 0 Å². The summed E-state index contributed by atoms with van der Waals surface area (Å²) in [6.45, 7) is 2.19. The molecule has 1 aromatic carbocycles. The summed E-state index contributed by atoms with van der Waals surface area (Å²) < 4.78 is 0. The SMILES string of the molecule is CCC(CO)(CO)CC1CSc2ccccc21. The van der Waals surface area contributed by atoms with Crippen LogP contribution >= 0.6 is 11.8 Å². The van der Waals surface area contributed by atoms with Gasteiger partial charge < -0.3 is 10.2 Å². The molecule has 2 nitrogen and oxygen atoms in total. The van der Waals surface area contributed by atoms with Gasteiger partial charge >= 0.3 is 0 Å². The van der Waals surface area contributed by atoms with E-state index in [0.717, 1.165) is 18.6 Å². The lowest BCUT2D eigenvalue weighted by molar-refractivity contribution is 0.0394. The van der Waals surface area contributed by atoms with E-state index in [9.17, 15) is 10.2 Å². The van der Waals surface area contributed by atoms with E-state index in [-0.39, 0.29) is 18.6 Å². The zero-order valence-corrected chi connectivity index (χ0v) is 11.0. The fraction of sp³-hybridized carbons (Fsp3) is 0.571. The summed E-state index contributed by atoms with van der Waals surface area (Å²) in [4.78, 5) is 1.36. The summed E-state index contributed by atoms with van der Waals surface area (Å²) >= 11 is 1.88. The lowest BCUT2D eigenvalue weighted by Gasteiger charge is -2.31. The highest BCUT2D eigenvalue weighted by Gasteiger charge is 2.33. The fourth-order valence-electron chi connectivity index (χ4n) is 2.47. The summed E-state index contributed by atoms with van der Waals surface area (Å²) in [5.41, 5.74) is 1.07. The first-order valence-electron chi connectivity index (χ1n) is 6.18. The second-order valence-corrected chi connectivity index (χ2v) is 5.98. The summed E-state index contributed by atoms with van der Waals surface area (Å²) in [7, 11) is 0. The third-order valence-corrected chi connectivity index (χ3v) is 5.15. The molecule has 0 bridgehead atoms. The van der Waals surface area contributed by atoms with Crippen LogP contribution in [-0.2, 0) is 0 Å². The number of aliphatic hydroxyl groups excluding tert-OH is 2. The molecule has 2 N–H and O–H groups in total. The normalized spacial score (nSPS) is 19.4. The third-order valence-electron chi connectivity index (χ3n) is 3.90. The third kappa shape index (κ3) is 2.51. The van der Waals surface area contributed by atoms with Crippen LogP contribution in [0.5, 0.6) is 0 Å². The molecule has 0 fully saturated rings. The minimum Gasteiger partial charge on any atom is -0.396 e. The van der Waals surface area contributed by atoms with Gasteiger partial charge in [-0.1, -0.05) is 25.1 Å². The van der Waals surface area contributed by atoms with Crippen LogP contribution < -0.4 is 0 Å². The van der Waals surface area contributed by atoms with Crippen molar-refractivity contribution in [2.24, 2.45) is 5.41 Å². The first-order chi connectivity index (χ1) is 8.24. The highest BCUT2D eigenvalue weighted by Crippen LogP contribution is 2.45. The van der Waals surface area contributed by atoms with Crippen LogP contribution in [0.2, 0.25) is 0 Å². The molecule has 2 rings (SSSR count). The number of rotatable bonds is 5. The molecule has 1 unspecified atom stereocenters. The Kier molecular flexibility index (Phi) is 4.13. The zero-order valence-electron chi connectivity index (χ0n) is 10.2. The van der Waals surface area contributed by atoms with E-state index in [1.807, 2.05) is 18.7 Å². The fourth-order valence-corrected chi connectivity index (χ4v) is 3.72. The van der Waals surface area contributed by atoms with Gasteiger partial charge in [-0.05, 0) is 30.4 Å². The smallest absolute Gasteiger partial charge is 0.0509 e. The minimum atomic E-state index is -0.317. The van der Waals surface area contributed by atoms with E-state index < -0.39 is 0 Å². The standard InChI is InChI=1S/C14H20O2S/c1-2-14(9-15,10-16)7-11-8-17-13-6-4-3-5-12(11)13/h3-6,11,15-16H,2,7-10H2,1H3. The van der Waals surface area contributed by atoms with Gasteiger partial charge in [0.1, 0.15) is 0 Å². The lowest BCUT2D eigenvalue weighted by atomic mass is 9.77. The van der Waals surface area contributed by atoms with Crippen LogP contribution in [0, 0.1) is 5.41 Å². The van der Waals surface area contributed by atoms with Gasteiger partial charge in [-0.15, -0.1) is 11.8 Å². The Labute approximate surface area is 107 Å². The molecule has 0 spiro atoms. The average molecular weight is 252 g/mol. The molecule has 1 aliphatic heterocycles. The van der Waals surface area contributed by atoms with Crippen LogP contribution in [0.4, 0.5) is 0 Å². The monoisotopic (exact) mass is 252 g/mol. The van der Waals surface area contributed by atoms with E-state index in [0.29, 0.717) is 5.92 Å². The maximum Gasteiger partial charge on any atom is 0.0509 e. The topological polar surface area (TPSA) is 40.5 Å². The highest BCUT2D eigenvalue weighted by atomic mass is 32.2. The van der Waals surface area contributed by atoms with Crippen molar-refractivity contribution in [3.05, 3.63) is 29.8 Å². The number of aliphatic hydroxyl groups is 2. The molecule has 1 atom stereocenters. The van der Waals surface area contributed by atoms with Crippen molar-refractivity contribution in [2.75, 3.05) is 19.0 Å². The van der Waals surface area contributed by atoms with Gasteiger partial charge in [-0.3, -0.25) is 0 Å². The molecule has 1 heterocycles. The van der Waals surface area contributed by atoms with Crippen LogP contribution in [0.15, 0.2) is 29.2 Å². The lowest BCUT2D eigenvalue weighted by Crippen LogP contribution is -2.31. The van der Waals surface area contributed by atoms with Gasteiger partial charge in [-0.2, -0.15) is 0 Å². The molecule has 0 amide bonds. The molecule has 94 valence electrons. The Morgan fingerprint density at radius 3 is 2.65 bits per heavy atom. The Bertz CT molecular complexity index is 366. The first-order valence-corrected chi connectivity index (χ1v) is 7.16. The number of hydrogen-bond acceptors (Lipinski definition) is 3. The van der Waals surface area contributed by atoms with Gasteiger partial charge in [0.25, 0.3) is 0 Å². The predicted molar refractivity (Wildman–Crippen MR) is 71.4 cm³/mol. The van der Waals surface area contributed by atoms with Crippen LogP contribution in [0.25, 0.3) is 0 Å². The molecule has 3 heteroatoms. The largest absolute Gasteiger partial charge is 0.396 e. The number of hydrogen-bond donors (Lipinski definition) is 2. The molecule has 0 saturated heterocycles. The molecule has 17 heavy (non-hydrogen) atoms. The summed E-state index contributed by atoms with van der Waals surface area (Å²) in [6.07, 6.45) is 1.70. The van der Waals surface area contributed by atoms with E-state index in [2.05, 4.69) is 24.3 Å². The molecule has 0 aromatic heterocycles. The molecular formula is C14H20O2S. The molecule has 1 aliphatic rings. The van der Waals surface area contributed by atoms with Crippen molar-refractivity contribution >= 4 is 11.8 Å². The summed E-state index contributed by atoms with van der Waals surface area (Å²) in [6, 6.07) is 8.48. The summed E-state index contributed by atoms with van der Waals surface area (Å²) in [5.74, 6) is 1.54. The van der Waals surface area contributed by atoms with Crippen molar-refractivity contribution in [1.29, 1.82) is 0 Å². The Hall–Kier alpha value is -0.510. The number of benzene rings is 1. The minimum absolute atomic E-state index is 0.0728. The summed E-state index contributed by atoms with van der Waals surface area (Å²) in [5, 5.41) is 19.0. The maximum atomic E-state index is 9.52. The van der Waals surface area contributed by atoms with E-state index >= 15 is 0 Å².